The smallest absolute Gasteiger partial charge is 0.262 e. The van der Waals surface area contributed by atoms with E-state index in [1.807, 2.05) is 7.05 Å². The third-order valence-corrected chi connectivity index (χ3v) is 4.60. The number of halogens is 1. The molecule has 2 heterocycles. The average Bonchev–Trinajstić information content (AvgIpc) is 2.85. The van der Waals surface area contributed by atoms with Gasteiger partial charge in [-0.2, -0.15) is 4.31 Å². The van der Waals surface area contributed by atoms with E-state index in [-0.39, 0.29) is 23.5 Å². The zero-order chi connectivity index (χ0) is 11.8. The summed E-state index contributed by atoms with van der Waals surface area (Å²) in [4.78, 5) is 3.90. The molecule has 2 rings (SSSR count). The van der Waals surface area contributed by atoms with Gasteiger partial charge in [-0.1, -0.05) is 0 Å². The van der Waals surface area contributed by atoms with Crippen LogP contribution >= 0.6 is 12.4 Å². The second-order valence-electron chi connectivity index (χ2n) is 4.01. The first kappa shape index (κ1) is 14.4. The molecule has 1 unspecified atom stereocenters. The van der Waals surface area contributed by atoms with Gasteiger partial charge in [0.15, 0.2) is 5.03 Å². The van der Waals surface area contributed by atoms with Crippen LogP contribution in [0.2, 0.25) is 0 Å². The molecule has 1 N–H and O–H groups in total. The summed E-state index contributed by atoms with van der Waals surface area (Å²) < 4.78 is 27.4. The van der Waals surface area contributed by atoms with Gasteiger partial charge in [-0.25, -0.2) is 13.4 Å². The van der Waals surface area contributed by atoms with Crippen molar-refractivity contribution in [1.82, 2.24) is 19.2 Å². The predicted molar refractivity (Wildman–Crippen MR) is 66.7 cm³/mol. The zero-order valence-corrected chi connectivity index (χ0v) is 11.5. The summed E-state index contributed by atoms with van der Waals surface area (Å²) in [5.41, 5.74) is 0. The maximum absolute atomic E-state index is 12.1. The largest absolute Gasteiger partial charge is 0.339 e. The third kappa shape index (κ3) is 2.79. The summed E-state index contributed by atoms with van der Waals surface area (Å²) in [7, 11) is 0.206. The minimum atomic E-state index is -3.40. The van der Waals surface area contributed by atoms with E-state index in [1.165, 1.54) is 16.8 Å². The third-order valence-electron chi connectivity index (χ3n) is 2.84. The van der Waals surface area contributed by atoms with Gasteiger partial charge in [-0.3, -0.25) is 0 Å². The Morgan fingerprint density at radius 2 is 2.24 bits per heavy atom. The number of rotatable bonds is 3. The lowest BCUT2D eigenvalue weighted by atomic mass is 10.3. The Morgan fingerprint density at radius 1 is 1.53 bits per heavy atom. The summed E-state index contributed by atoms with van der Waals surface area (Å²) in [6.07, 6.45) is 3.88. The van der Waals surface area contributed by atoms with Crippen LogP contribution in [0.25, 0.3) is 0 Å². The molecule has 1 aromatic heterocycles. The molecular formula is C9H17ClN4O2S. The molecule has 0 bridgehead atoms. The number of sulfonamides is 1. The molecule has 0 aliphatic carbocycles. The van der Waals surface area contributed by atoms with Gasteiger partial charge >= 0.3 is 0 Å². The summed E-state index contributed by atoms with van der Waals surface area (Å²) >= 11 is 0. The SMILES string of the molecule is CNC1CCN(S(=O)(=O)c2cn(C)cn2)C1.Cl. The molecule has 1 aliphatic heterocycles. The van der Waals surface area contributed by atoms with E-state index in [4.69, 9.17) is 0 Å². The van der Waals surface area contributed by atoms with Gasteiger partial charge in [-0.15, -0.1) is 12.4 Å². The van der Waals surface area contributed by atoms with Crippen LogP contribution in [0, 0.1) is 0 Å². The van der Waals surface area contributed by atoms with E-state index in [0.717, 1.165) is 6.42 Å². The van der Waals surface area contributed by atoms with E-state index in [0.29, 0.717) is 13.1 Å². The number of hydrogen-bond donors (Lipinski definition) is 1. The molecule has 98 valence electrons. The number of likely N-dealkylation sites (N-methyl/N-ethyl adjacent to an activating group) is 1. The summed E-state index contributed by atoms with van der Waals surface area (Å²) in [5.74, 6) is 0. The van der Waals surface area contributed by atoms with Crippen LogP contribution in [0.3, 0.4) is 0 Å². The molecule has 0 aromatic carbocycles. The molecule has 1 aliphatic rings. The van der Waals surface area contributed by atoms with Gasteiger partial charge in [-0.05, 0) is 13.5 Å². The van der Waals surface area contributed by atoms with Crippen molar-refractivity contribution in [1.29, 1.82) is 0 Å². The number of nitrogens with one attached hydrogen (secondary N) is 1. The lowest BCUT2D eigenvalue weighted by molar-refractivity contribution is 0.462. The molecule has 0 amide bonds. The van der Waals surface area contributed by atoms with Crippen molar-refractivity contribution >= 4 is 22.4 Å². The first-order valence-corrected chi connectivity index (χ1v) is 6.63. The van der Waals surface area contributed by atoms with Crippen LogP contribution in [0.1, 0.15) is 6.42 Å². The van der Waals surface area contributed by atoms with Crippen molar-refractivity contribution in [2.75, 3.05) is 20.1 Å². The molecule has 0 spiro atoms. The van der Waals surface area contributed by atoms with E-state index in [1.54, 1.807) is 11.6 Å². The minimum absolute atomic E-state index is 0. The first-order valence-electron chi connectivity index (χ1n) is 5.19. The van der Waals surface area contributed by atoms with Crippen LogP contribution < -0.4 is 5.32 Å². The highest BCUT2D eigenvalue weighted by Crippen LogP contribution is 2.19. The van der Waals surface area contributed by atoms with Crippen LogP contribution in [0.5, 0.6) is 0 Å². The van der Waals surface area contributed by atoms with Crippen molar-refractivity contribution in [3.63, 3.8) is 0 Å². The molecule has 8 heteroatoms. The van der Waals surface area contributed by atoms with Crippen LogP contribution in [-0.4, -0.2) is 48.5 Å². The Balaban J connectivity index is 0.00000144. The van der Waals surface area contributed by atoms with Crippen LogP contribution in [0.15, 0.2) is 17.6 Å². The fourth-order valence-electron chi connectivity index (χ4n) is 1.84. The van der Waals surface area contributed by atoms with Gasteiger partial charge in [0.05, 0.1) is 6.33 Å². The predicted octanol–water partition coefficient (Wildman–Crippen LogP) is -0.176. The zero-order valence-electron chi connectivity index (χ0n) is 9.83. The Labute approximate surface area is 107 Å². The van der Waals surface area contributed by atoms with Crippen molar-refractivity contribution < 1.29 is 8.42 Å². The Kier molecular flexibility index (Phi) is 4.54. The fraction of sp³-hybridized carbons (Fsp3) is 0.667. The Hall–Kier alpha value is -0.630. The molecule has 1 aromatic rings. The molecule has 0 radical (unpaired) electrons. The van der Waals surface area contributed by atoms with E-state index < -0.39 is 10.0 Å². The van der Waals surface area contributed by atoms with Crippen molar-refractivity contribution in [3.05, 3.63) is 12.5 Å². The lowest BCUT2D eigenvalue weighted by Crippen LogP contribution is -2.33. The summed E-state index contributed by atoms with van der Waals surface area (Å²) in [6, 6.07) is 0.249. The first-order chi connectivity index (χ1) is 7.54. The highest BCUT2D eigenvalue weighted by Gasteiger charge is 2.33. The minimum Gasteiger partial charge on any atom is -0.339 e. The summed E-state index contributed by atoms with van der Waals surface area (Å²) in [5, 5.41) is 3.22. The number of aryl methyl sites for hydroxylation is 1. The number of nitrogens with zero attached hydrogens (tertiary/aromatic N) is 3. The fourth-order valence-corrected chi connectivity index (χ4v) is 3.30. The standard InChI is InChI=1S/C9H16N4O2S.ClH/c1-10-8-3-4-13(5-8)16(14,15)9-6-12(2)7-11-9;/h6-8,10H,3-5H2,1-2H3;1H. The van der Waals surface area contributed by atoms with Crippen molar-refractivity contribution in [2.45, 2.75) is 17.5 Å². The summed E-state index contributed by atoms with van der Waals surface area (Å²) in [6.45, 7) is 1.08. The molecule has 6 nitrogen and oxygen atoms in total. The maximum atomic E-state index is 12.1. The monoisotopic (exact) mass is 280 g/mol. The van der Waals surface area contributed by atoms with Gasteiger partial charge in [0.1, 0.15) is 0 Å². The van der Waals surface area contributed by atoms with Crippen molar-refractivity contribution in [2.24, 2.45) is 7.05 Å². The van der Waals surface area contributed by atoms with E-state index in [2.05, 4.69) is 10.3 Å². The second kappa shape index (κ2) is 5.34. The molecular weight excluding hydrogens is 264 g/mol. The topological polar surface area (TPSA) is 67.2 Å². The molecule has 17 heavy (non-hydrogen) atoms. The maximum Gasteiger partial charge on any atom is 0.262 e. The molecule has 1 saturated heterocycles. The van der Waals surface area contributed by atoms with Gasteiger partial charge in [0.25, 0.3) is 10.0 Å². The second-order valence-corrected chi connectivity index (χ2v) is 5.90. The lowest BCUT2D eigenvalue weighted by Gasteiger charge is -2.14. The quantitative estimate of drug-likeness (QED) is 0.834. The Bertz CT molecular complexity index is 473. The molecule has 0 saturated carbocycles. The average molecular weight is 281 g/mol. The molecule has 1 fully saturated rings. The van der Waals surface area contributed by atoms with E-state index >= 15 is 0 Å². The van der Waals surface area contributed by atoms with Crippen LogP contribution in [0.4, 0.5) is 0 Å². The highest BCUT2D eigenvalue weighted by molar-refractivity contribution is 7.89. The van der Waals surface area contributed by atoms with Gasteiger partial charge in [0.2, 0.25) is 0 Å². The van der Waals surface area contributed by atoms with Gasteiger partial charge in [0, 0.05) is 32.4 Å². The van der Waals surface area contributed by atoms with Crippen molar-refractivity contribution in [3.8, 4) is 0 Å². The number of imidazole rings is 1. The molecule has 1 atom stereocenters. The van der Waals surface area contributed by atoms with E-state index in [9.17, 15) is 8.42 Å². The highest BCUT2D eigenvalue weighted by atomic mass is 35.5. The Morgan fingerprint density at radius 3 is 2.71 bits per heavy atom. The number of hydrogen-bond acceptors (Lipinski definition) is 4. The van der Waals surface area contributed by atoms with Crippen LogP contribution in [-0.2, 0) is 17.1 Å². The normalized spacial score (nSPS) is 21.4. The number of aromatic nitrogens is 2. The van der Waals surface area contributed by atoms with Gasteiger partial charge < -0.3 is 9.88 Å².